The van der Waals surface area contributed by atoms with E-state index in [1.807, 2.05) is 16.9 Å². The Balaban J connectivity index is 0.00000208. The molecule has 0 aromatic carbocycles. The number of hydrogen-bond acceptors (Lipinski definition) is 4. The lowest BCUT2D eigenvalue weighted by Crippen LogP contribution is -2.43. The third kappa shape index (κ3) is 4.71. The van der Waals surface area contributed by atoms with Gasteiger partial charge in [0, 0.05) is 24.8 Å². The van der Waals surface area contributed by atoms with Crippen molar-refractivity contribution in [3.8, 4) is 0 Å². The van der Waals surface area contributed by atoms with Crippen molar-refractivity contribution in [2.45, 2.75) is 56.7 Å². The maximum absolute atomic E-state index is 12.5. The zero-order valence-corrected chi connectivity index (χ0v) is 15.5. The smallest absolute Gasteiger partial charge is 0.271 e. The molecule has 2 aliphatic rings. The maximum Gasteiger partial charge on any atom is 0.271 e. The van der Waals surface area contributed by atoms with Crippen molar-refractivity contribution in [2.24, 2.45) is 0 Å². The molecular weight excluding hydrogens is 326 g/mol. The topological polar surface area (TPSA) is 62.2 Å². The van der Waals surface area contributed by atoms with Gasteiger partial charge in [0.2, 0.25) is 0 Å². The molecule has 1 aromatic rings. The first-order valence-electron chi connectivity index (χ1n) is 8.86. The van der Waals surface area contributed by atoms with Crippen molar-refractivity contribution in [3.05, 3.63) is 18.0 Å². The molecule has 136 valence electrons. The van der Waals surface area contributed by atoms with E-state index in [0.29, 0.717) is 17.8 Å². The van der Waals surface area contributed by atoms with Crippen molar-refractivity contribution in [3.63, 3.8) is 0 Å². The van der Waals surface area contributed by atoms with E-state index < -0.39 is 0 Å². The molecule has 1 saturated heterocycles. The monoisotopic (exact) mass is 355 g/mol. The number of hydrogen-bond donors (Lipinski definition) is 2. The Hall–Kier alpha value is -1.11. The Labute approximate surface area is 150 Å². The van der Waals surface area contributed by atoms with Crippen LogP contribution < -0.4 is 10.6 Å². The fraction of sp³-hybridized carbons (Fsp3) is 0.765. The van der Waals surface area contributed by atoms with Gasteiger partial charge in [0.05, 0.1) is 6.04 Å². The number of rotatable bonds is 4. The number of nitrogens with zero attached hydrogens (tertiary/aromatic N) is 3. The first-order chi connectivity index (χ1) is 11.1. The molecule has 1 aliphatic carbocycles. The summed E-state index contributed by atoms with van der Waals surface area (Å²) < 4.78 is 1.95. The second-order valence-corrected chi connectivity index (χ2v) is 7.14. The number of carbonyl (C=O) groups is 1. The average molecular weight is 356 g/mol. The van der Waals surface area contributed by atoms with Crippen LogP contribution in [0.15, 0.2) is 12.3 Å². The zero-order chi connectivity index (χ0) is 16.2. The van der Waals surface area contributed by atoms with Crippen LogP contribution in [0.5, 0.6) is 0 Å². The van der Waals surface area contributed by atoms with Crippen LogP contribution in [-0.2, 0) is 0 Å². The highest BCUT2D eigenvalue weighted by atomic mass is 35.5. The van der Waals surface area contributed by atoms with Gasteiger partial charge in [0.1, 0.15) is 5.69 Å². The molecule has 3 atom stereocenters. The van der Waals surface area contributed by atoms with Gasteiger partial charge in [-0.2, -0.15) is 5.10 Å². The molecule has 1 aromatic heterocycles. The van der Waals surface area contributed by atoms with Crippen molar-refractivity contribution in [2.75, 3.05) is 27.2 Å². The van der Waals surface area contributed by atoms with Crippen LogP contribution in [0.2, 0.25) is 0 Å². The van der Waals surface area contributed by atoms with Crippen molar-refractivity contribution in [1.82, 2.24) is 25.3 Å². The lowest BCUT2D eigenvalue weighted by atomic mass is 9.90. The second kappa shape index (κ2) is 8.83. The van der Waals surface area contributed by atoms with Gasteiger partial charge in [0.15, 0.2) is 0 Å². The minimum absolute atomic E-state index is 0. The van der Waals surface area contributed by atoms with Crippen LogP contribution in [0.4, 0.5) is 0 Å². The molecule has 2 heterocycles. The van der Waals surface area contributed by atoms with Gasteiger partial charge < -0.3 is 15.5 Å². The van der Waals surface area contributed by atoms with Crippen molar-refractivity contribution >= 4 is 18.3 Å². The molecule has 7 heteroatoms. The fourth-order valence-electron chi connectivity index (χ4n) is 3.75. The number of nitrogens with one attached hydrogen (secondary N) is 2. The molecule has 1 amide bonds. The van der Waals surface area contributed by atoms with E-state index in [1.165, 1.54) is 19.3 Å². The molecule has 1 aliphatic heterocycles. The van der Waals surface area contributed by atoms with Gasteiger partial charge in [-0.05, 0) is 65.2 Å². The van der Waals surface area contributed by atoms with E-state index in [2.05, 4.69) is 34.7 Å². The largest absolute Gasteiger partial charge is 0.348 e. The van der Waals surface area contributed by atoms with Crippen LogP contribution in [0.25, 0.3) is 0 Å². The highest BCUT2D eigenvalue weighted by Gasteiger charge is 2.25. The first kappa shape index (κ1) is 19.2. The van der Waals surface area contributed by atoms with Gasteiger partial charge in [-0.3, -0.25) is 9.48 Å². The Morgan fingerprint density at radius 2 is 2.17 bits per heavy atom. The normalized spacial score (nSPS) is 27.5. The average Bonchev–Trinajstić information content (AvgIpc) is 3.06. The summed E-state index contributed by atoms with van der Waals surface area (Å²) in [5, 5.41) is 11.1. The summed E-state index contributed by atoms with van der Waals surface area (Å²) >= 11 is 0. The highest BCUT2D eigenvalue weighted by Crippen LogP contribution is 2.22. The van der Waals surface area contributed by atoms with E-state index in [-0.39, 0.29) is 24.4 Å². The van der Waals surface area contributed by atoms with E-state index in [1.54, 1.807) is 0 Å². The number of amides is 1. The standard InChI is InChI=1S/C17H29N5O.ClH/c1-21(2)14-6-3-5-13(11-14)19-17(23)16-8-10-22(20-16)15-7-4-9-18-12-15;/h8,10,13-15,18H,3-7,9,11-12H2,1-2H3,(H,19,23);1H. The minimum atomic E-state index is -0.0306. The van der Waals surface area contributed by atoms with Crippen LogP contribution in [0.3, 0.4) is 0 Å². The van der Waals surface area contributed by atoms with Gasteiger partial charge in [0.25, 0.3) is 5.91 Å². The van der Waals surface area contributed by atoms with E-state index in [4.69, 9.17) is 0 Å². The van der Waals surface area contributed by atoms with Crippen molar-refractivity contribution in [1.29, 1.82) is 0 Å². The van der Waals surface area contributed by atoms with Crippen LogP contribution in [-0.4, -0.2) is 59.9 Å². The van der Waals surface area contributed by atoms with Crippen LogP contribution in [0.1, 0.15) is 55.1 Å². The molecular formula is C17H30ClN5O. The molecule has 24 heavy (non-hydrogen) atoms. The zero-order valence-electron chi connectivity index (χ0n) is 14.7. The summed E-state index contributed by atoms with van der Waals surface area (Å²) in [6.07, 6.45) is 8.74. The lowest BCUT2D eigenvalue weighted by molar-refractivity contribution is 0.0904. The Morgan fingerprint density at radius 1 is 1.33 bits per heavy atom. The van der Waals surface area contributed by atoms with Gasteiger partial charge >= 0.3 is 0 Å². The van der Waals surface area contributed by atoms with E-state index in [0.717, 1.165) is 32.4 Å². The highest BCUT2D eigenvalue weighted by molar-refractivity contribution is 5.92. The van der Waals surface area contributed by atoms with E-state index >= 15 is 0 Å². The Bertz CT molecular complexity index is 527. The predicted octanol–water partition coefficient (Wildman–Crippen LogP) is 1.83. The molecule has 1 saturated carbocycles. The summed E-state index contributed by atoms with van der Waals surface area (Å²) in [7, 11) is 4.24. The molecule has 0 radical (unpaired) electrons. The quantitative estimate of drug-likeness (QED) is 0.865. The second-order valence-electron chi connectivity index (χ2n) is 7.14. The summed E-state index contributed by atoms with van der Waals surface area (Å²) in [6.45, 7) is 2.02. The minimum Gasteiger partial charge on any atom is -0.348 e. The number of aromatic nitrogens is 2. The number of halogens is 1. The lowest BCUT2D eigenvalue weighted by Gasteiger charge is -2.33. The molecule has 2 fully saturated rings. The van der Waals surface area contributed by atoms with Crippen LogP contribution >= 0.6 is 12.4 Å². The van der Waals surface area contributed by atoms with E-state index in [9.17, 15) is 4.79 Å². The number of carbonyl (C=O) groups excluding carboxylic acids is 1. The van der Waals surface area contributed by atoms with Gasteiger partial charge in [-0.15, -0.1) is 12.4 Å². The summed E-state index contributed by atoms with van der Waals surface area (Å²) in [4.78, 5) is 14.7. The summed E-state index contributed by atoms with van der Waals surface area (Å²) in [5.74, 6) is -0.0306. The van der Waals surface area contributed by atoms with Crippen LogP contribution in [0, 0.1) is 0 Å². The number of piperidine rings is 1. The van der Waals surface area contributed by atoms with Crippen molar-refractivity contribution < 1.29 is 4.79 Å². The first-order valence-corrected chi connectivity index (χ1v) is 8.86. The SMILES string of the molecule is CN(C)C1CCCC(NC(=O)c2ccn(C3CCCNC3)n2)C1.Cl. The molecule has 0 bridgehead atoms. The third-order valence-electron chi connectivity index (χ3n) is 5.20. The molecule has 3 unspecified atom stereocenters. The molecule has 3 rings (SSSR count). The molecule has 0 spiro atoms. The molecule has 6 nitrogen and oxygen atoms in total. The Morgan fingerprint density at radius 3 is 2.88 bits per heavy atom. The summed E-state index contributed by atoms with van der Waals surface area (Å²) in [5.41, 5.74) is 0.544. The Kier molecular flexibility index (Phi) is 7.07. The van der Waals surface area contributed by atoms with Gasteiger partial charge in [-0.25, -0.2) is 0 Å². The fourth-order valence-corrected chi connectivity index (χ4v) is 3.75. The molecule has 2 N–H and O–H groups in total. The maximum atomic E-state index is 12.5. The predicted molar refractivity (Wildman–Crippen MR) is 97.8 cm³/mol. The third-order valence-corrected chi connectivity index (χ3v) is 5.20. The van der Waals surface area contributed by atoms with Gasteiger partial charge in [-0.1, -0.05) is 0 Å². The summed E-state index contributed by atoms with van der Waals surface area (Å²) in [6, 6.07) is 3.05.